The molecule has 0 radical (unpaired) electrons. The smallest absolute Gasteiger partial charge is 0.410 e. The molecule has 1 N–H and O–H groups in total. The molecule has 2 fully saturated rings. The van der Waals surface area contributed by atoms with Crippen LogP contribution >= 0.6 is 0 Å². The number of ether oxygens (including phenoxy) is 2. The zero-order valence-electron chi connectivity index (χ0n) is 9.27. The Morgan fingerprint density at radius 1 is 1.53 bits per heavy atom. The number of nitrogens with zero attached hydrogens (tertiary/aromatic N) is 1. The topological polar surface area (TPSA) is 59.0 Å². The average molecular weight is 215 g/mol. The number of aliphatic hydroxyl groups is 1. The fourth-order valence-electron chi connectivity index (χ4n) is 1.96. The summed E-state index contributed by atoms with van der Waals surface area (Å²) in [6.07, 6.45) is -1.16. The SMILES string of the molecule is CC(C)(C)OC(=O)N1CC2OCC1C2O. The average Bonchev–Trinajstić information content (AvgIpc) is 2.59. The van der Waals surface area contributed by atoms with Gasteiger partial charge in [0.05, 0.1) is 19.2 Å². The number of aliphatic hydroxyl groups excluding tert-OH is 1. The Hall–Kier alpha value is -0.810. The number of hydrogen-bond acceptors (Lipinski definition) is 4. The molecule has 2 rings (SSSR count). The van der Waals surface area contributed by atoms with Crippen molar-refractivity contribution < 1.29 is 19.4 Å². The fraction of sp³-hybridized carbons (Fsp3) is 0.900. The first-order valence-corrected chi connectivity index (χ1v) is 5.18. The molecule has 86 valence electrons. The van der Waals surface area contributed by atoms with Crippen molar-refractivity contribution in [2.24, 2.45) is 0 Å². The molecule has 2 aliphatic rings. The van der Waals surface area contributed by atoms with Crippen LogP contribution in [0.1, 0.15) is 20.8 Å². The minimum atomic E-state index is -0.558. The van der Waals surface area contributed by atoms with E-state index in [-0.39, 0.29) is 18.2 Å². The predicted molar refractivity (Wildman–Crippen MR) is 52.5 cm³/mol. The maximum Gasteiger partial charge on any atom is 0.410 e. The number of morpholine rings is 1. The van der Waals surface area contributed by atoms with Gasteiger partial charge in [0.25, 0.3) is 0 Å². The minimum Gasteiger partial charge on any atom is -0.444 e. The first-order valence-electron chi connectivity index (χ1n) is 5.18. The molecule has 0 aromatic rings. The van der Waals surface area contributed by atoms with Crippen LogP contribution in [0.2, 0.25) is 0 Å². The predicted octanol–water partition coefficient (Wildman–Crippen LogP) is 0.365. The summed E-state index contributed by atoms with van der Waals surface area (Å²) in [5.74, 6) is 0. The summed E-state index contributed by atoms with van der Waals surface area (Å²) in [7, 11) is 0. The van der Waals surface area contributed by atoms with Crippen molar-refractivity contribution >= 4 is 6.09 Å². The Labute approximate surface area is 89.0 Å². The van der Waals surface area contributed by atoms with E-state index >= 15 is 0 Å². The molecule has 0 aromatic heterocycles. The van der Waals surface area contributed by atoms with Crippen molar-refractivity contribution in [1.29, 1.82) is 0 Å². The van der Waals surface area contributed by atoms with E-state index < -0.39 is 11.7 Å². The molecular weight excluding hydrogens is 198 g/mol. The van der Waals surface area contributed by atoms with Gasteiger partial charge in [0.2, 0.25) is 0 Å². The van der Waals surface area contributed by atoms with Crippen LogP contribution in [-0.4, -0.2) is 53.1 Å². The lowest BCUT2D eigenvalue weighted by Gasteiger charge is -2.29. The molecule has 5 nitrogen and oxygen atoms in total. The Morgan fingerprint density at radius 2 is 2.20 bits per heavy atom. The summed E-state index contributed by atoms with van der Waals surface area (Å²) in [6.45, 7) is 6.32. The first-order chi connectivity index (χ1) is 6.88. The van der Waals surface area contributed by atoms with E-state index in [9.17, 15) is 9.90 Å². The second-order valence-corrected chi connectivity index (χ2v) is 5.06. The van der Waals surface area contributed by atoms with Gasteiger partial charge in [-0.15, -0.1) is 0 Å². The van der Waals surface area contributed by atoms with Crippen LogP contribution in [0.4, 0.5) is 4.79 Å². The first kappa shape index (κ1) is 10.7. The maximum atomic E-state index is 11.7. The lowest BCUT2D eigenvalue weighted by molar-refractivity contribution is -0.00922. The summed E-state index contributed by atoms with van der Waals surface area (Å²) in [5.41, 5.74) is -0.495. The number of carbonyl (C=O) groups excluding carboxylic acids is 1. The molecule has 2 aliphatic heterocycles. The number of hydrogen-bond donors (Lipinski definition) is 1. The van der Waals surface area contributed by atoms with Crippen molar-refractivity contribution in [2.75, 3.05) is 13.2 Å². The quantitative estimate of drug-likeness (QED) is 0.634. The van der Waals surface area contributed by atoms with Gasteiger partial charge < -0.3 is 14.6 Å². The van der Waals surface area contributed by atoms with Gasteiger partial charge in [0.1, 0.15) is 17.8 Å². The zero-order valence-corrected chi connectivity index (χ0v) is 9.27. The van der Waals surface area contributed by atoms with Crippen molar-refractivity contribution in [3.05, 3.63) is 0 Å². The number of rotatable bonds is 0. The van der Waals surface area contributed by atoms with Gasteiger partial charge >= 0.3 is 6.09 Å². The number of likely N-dealkylation sites (tertiary alicyclic amines) is 1. The normalized spacial score (nSPS) is 34.7. The van der Waals surface area contributed by atoms with Gasteiger partial charge in [0.15, 0.2) is 0 Å². The molecule has 2 saturated heterocycles. The Kier molecular flexibility index (Phi) is 2.39. The summed E-state index contributed by atoms with van der Waals surface area (Å²) in [6, 6.07) is -0.232. The highest BCUT2D eigenvalue weighted by Crippen LogP contribution is 2.29. The Balaban J connectivity index is 1.99. The molecule has 1 amide bonds. The van der Waals surface area contributed by atoms with E-state index in [1.807, 2.05) is 20.8 Å². The molecule has 3 atom stereocenters. The van der Waals surface area contributed by atoms with E-state index in [1.54, 1.807) is 4.90 Å². The Bertz CT molecular complexity index is 273. The summed E-state index contributed by atoms with van der Waals surface area (Å²) in [4.78, 5) is 13.3. The maximum absolute atomic E-state index is 11.7. The molecule has 3 unspecified atom stereocenters. The summed E-state index contributed by atoms with van der Waals surface area (Å²) < 4.78 is 10.5. The molecule has 0 saturated carbocycles. The molecule has 0 spiro atoms. The molecule has 2 bridgehead atoms. The number of carbonyl (C=O) groups is 1. The van der Waals surface area contributed by atoms with Gasteiger partial charge in [-0.25, -0.2) is 4.79 Å². The largest absolute Gasteiger partial charge is 0.444 e. The minimum absolute atomic E-state index is 0.232. The van der Waals surface area contributed by atoms with Crippen LogP contribution in [0.3, 0.4) is 0 Å². The molecule has 0 aromatic carbocycles. The highest BCUT2D eigenvalue weighted by Gasteiger charge is 2.50. The van der Waals surface area contributed by atoms with E-state index in [0.29, 0.717) is 13.2 Å². The highest BCUT2D eigenvalue weighted by atomic mass is 16.6. The van der Waals surface area contributed by atoms with Crippen molar-refractivity contribution in [3.8, 4) is 0 Å². The summed E-state index contributed by atoms with van der Waals surface area (Å²) in [5, 5.41) is 9.67. The zero-order chi connectivity index (χ0) is 11.2. The highest BCUT2D eigenvalue weighted by molar-refractivity contribution is 5.69. The van der Waals surface area contributed by atoms with E-state index in [2.05, 4.69) is 0 Å². The van der Waals surface area contributed by atoms with Gasteiger partial charge in [-0.3, -0.25) is 4.90 Å². The van der Waals surface area contributed by atoms with Crippen molar-refractivity contribution in [1.82, 2.24) is 4.90 Å². The molecule has 15 heavy (non-hydrogen) atoms. The standard InChI is InChI=1S/C10H17NO4/c1-10(2,3)15-9(13)11-4-7-8(12)6(11)5-14-7/h6-8,12H,4-5H2,1-3H3. The van der Waals surface area contributed by atoms with Crippen molar-refractivity contribution in [2.45, 2.75) is 44.6 Å². The van der Waals surface area contributed by atoms with Gasteiger partial charge in [0, 0.05) is 0 Å². The lowest BCUT2D eigenvalue weighted by Crippen LogP contribution is -2.45. The van der Waals surface area contributed by atoms with Gasteiger partial charge in [-0.2, -0.15) is 0 Å². The van der Waals surface area contributed by atoms with E-state index in [4.69, 9.17) is 9.47 Å². The van der Waals surface area contributed by atoms with E-state index in [1.165, 1.54) is 0 Å². The lowest BCUT2D eigenvalue weighted by atomic mass is 10.2. The molecule has 2 heterocycles. The molecule has 0 aliphatic carbocycles. The third kappa shape index (κ3) is 1.94. The van der Waals surface area contributed by atoms with Crippen molar-refractivity contribution in [3.63, 3.8) is 0 Å². The van der Waals surface area contributed by atoms with Crippen LogP contribution < -0.4 is 0 Å². The van der Waals surface area contributed by atoms with Gasteiger partial charge in [-0.1, -0.05) is 0 Å². The summed E-state index contributed by atoms with van der Waals surface area (Å²) >= 11 is 0. The van der Waals surface area contributed by atoms with E-state index in [0.717, 1.165) is 0 Å². The van der Waals surface area contributed by atoms with Crippen LogP contribution in [0.15, 0.2) is 0 Å². The van der Waals surface area contributed by atoms with Crippen LogP contribution in [0.5, 0.6) is 0 Å². The fourth-order valence-corrected chi connectivity index (χ4v) is 1.96. The second-order valence-electron chi connectivity index (χ2n) is 5.06. The van der Waals surface area contributed by atoms with Crippen LogP contribution in [0, 0.1) is 0 Å². The molecular formula is C10H17NO4. The third-order valence-electron chi connectivity index (χ3n) is 2.66. The van der Waals surface area contributed by atoms with Crippen LogP contribution in [-0.2, 0) is 9.47 Å². The monoisotopic (exact) mass is 215 g/mol. The number of amides is 1. The molecule has 5 heteroatoms. The Morgan fingerprint density at radius 3 is 2.60 bits per heavy atom. The number of fused-ring (bicyclic) bond motifs is 2. The second kappa shape index (κ2) is 3.35. The van der Waals surface area contributed by atoms with Crippen LogP contribution in [0.25, 0.3) is 0 Å². The van der Waals surface area contributed by atoms with Gasteiger partial charge in [-0.05, 0) is 20.8 Å². The third-order valence-corrected chi connectivity index (χ3v) is 2.66.